The molecule has 0 aromatic rings. The molecule has 0 aliphatic carbocycles. The Morgan fingerprint density at radius 1 is 1.65 bits per heavy atom. The average Bonchev–Trinajstić information content (AvgIpc) is 2.57. The monoisotopic (exact) mass is 243 g/mol. The van der Waals surface area contributed by atoms with Crippen LogP contribution in [-0.2, 0) is 14.3 Å². The standard InChI is InChI=1S/C10H17N3O4/c1-3-17-8(14)5-4-6-10(13-16)7(2)11-12-9(10)15/h13,16H,3-6H2,1-2H3,(H,12,15). The number of hydroxylamine groups is 1. The Morgan fingerprint density at radius 2 is 2.35 bits per heavy atom. The Bertz CT molecular complexity index is 342. The van der Waals surface area contributed by atoms with Crippen molar-refractivity contribution in [2.45, 2.75) is 38.6 Å². The molecule has 0 bridgehead atoms. The van der Waals surface area contributed by atoms with Gasteiger partial charge in [0.25, 0.3) is 5.91 Å². The fourth-order valence-corrected chi connectivity index (χ4v) is 1.70. The summed E-state index contributed by atoms with van der Waals surface area (Å²) in [6.07, 6.45) is 0.911. The summed E-state index contributed by atoms with van der Waals surface area (Å²) in [5.41, 5.74) is 3.51. The Hall–Kier alpha value is -1.47. The molecule has 3 N–H and O–H groups in total. The van der Waals surface area contributed by atoms with E-state index in [1.165, 1.54) is 0 Å². The highest BCUT2D eigenvalue weighted by atomic mass is 16.5. The van der Waals surface area contributed by atoms with Crippen LogP contribution >= 0.6 is 0 Å². The van der Waals surface area contributed by atoms with E-state index >= 15 is 0 Å². The Labute approximate surface area is 99.2 Å². The first kappa shape index (κ1) is 13.6. The molecule has 0 saturated carbocycles. The fraction of sp³-hybridized carbons (Fsp3) is 0.700. The highest BCUT2D eigenvalue weighted by Crippen LogP contribution is 2.20. The minimum absolute atomic E-state index is 0.206. The second-order valence-electron chi connectivity index (χ2n) is 3.81. The lowest BCUT2D eigenvalue weighted by atomic mass is 9.89. The van der Waals surface area contributed by atoms with Crippen LogP contribution in [0.2, 0.25) is 0 Å². The van der Waals surface area contributed by atoms with E-state index in [9.17, 15) is 9.59 Å². The third-order valence-corrected chi connectivity index (χ3v) is 2.76. The number of carbonyl (C=O) groups is 2. The summed E-state index contributed by atoms with van der Waals surface area (Å²) in [6.45, 7) is 3.70. The van der Waals surface area contributed by atoms with Gasteiger partial charge in [0.1, 0.15) is 0 Å². The zero-order valence-corrected chi connectivity index (χ0v) is 9.95. The highest BCUT2D eigenvalue weighted by molar-refractivity contribution is 6.15. The number of hydrazone groups is 1. The van der Waals surface area contributed by atoms with Gasteiger partial charge >= 0.3 is 5.97 Å². The van der Waals surface area contributed by atoms with Crippen LogP contribution in [0, 0.1) is 0 Å². The summed E-state index contributed by atoms with van der Waals surface area (Å²) in [6, 6.07) is 0. The molecule has 1 amide bonds. The SMILES string of the molecule is CCOC(=O)CCCC1(NO)C(=O)NN=C1C. The largest absolute Gasteiger partial charge is 0.466 e. The lowest BCUT2D eigenvalue weighted by Crippen LogP contribution is -2.55. The number of rotatable bonds is 6. The molecular formula is C10H17N3O4. The van der Waals surface area contributed by atoms with Gasteiger partial charge in [-0.25, -0.2) is 5.43 Å². The molecule has 0 fully saturated rings. The van der Waals surface area contributed by atoms with Gasteiger partial charge in [0.2, 0.25) is 0 Å². The molecule has 1 atom stereocenters. The highest BCUT2D eigenvalue weighted by Gasteiger charge is 2.44. The van der Waals surface area contributed by atoms with Crippen molar-refractivity contribution < 1.29 is 19.5 Å². The van der Waals surface area contributed by atoms with Crippen LogP contribution in [-0.4, -0.2) is 34.9 Å². The summed E-state index contributed by atoms with van der Waals surface area (Å²) in [5, 5.41) is 12.9. The maximum atomic E-state index is 11.6. The van der Waals surface area contributed by atoms with E-state index in [0.29, 0.717) is 18.7 Å². The van der Waals surface area contributed by atoms with E-state index in [1.54, 1.807) is 13.8 Å². The van der Waals surface area contributed by atoms with Crippen molar-refractivity contribution in [3.63, 3.8) is 0 Å². The minimum Gasteiger partial charge on any atom is -0.466 e. The number of carbonyl (C=O) groups excluding carboxylic acids is 2. The molecular weight excluding hydrogens is 226 g/mol. The molecule has 1 heterocycles. The first-order valence-electron chi connectivity index (χ1n) is 5.49. The number of hydrogen-bond donors (Lipinski definition) is 3. The van der Waals surface area contributed by atoms with Gasteiger partial charge in [-0.05, 0) is 26.7 Å². The predicted molar refractivity (Wildman–Crippen MR) is 59.4 cm³/mol. The molecule has 1 aliphatic heterocycles. The number of ether oxygens (including phenoxy) is 1. The summed E-state index contributed by atoms with van der Waals surface area (Å²) in [5.74, 6) is -0.727. The van der Waals surface area contributed by atoms with Gasteiger partial charge in [-0.2, -0.15) is 10.6 Å². The van der Waals surface area contributed by atoms with Gasteiger partial charge in [-0.15, -0.1) is 0 Å². The van der Waals surface area contributed by atoms with Crippen LogP contribution in [0.25, 0.3) is 0 Å². The normalized spacial score (nSPS) is 23.2. The summed E-state index contributed by atoms with van der Waals surface area (Å²) in [4.78, 5) is 22.7. The lowest BCUT2D eigenvalue weighted by Gasteiger charge is -2.24. The van der Waals surface area contributed by atoms with E-state index in [-0.39, 0.29) is 18.8 Å². The Morgan fingerprint density at radius 3 is 2.82 bits per heavy atom. The van der Waals surface area contributed by atoms with Crippen molar-refractivity contribution in [2.75, 3.05) is 6.61 Å². The van der Waals surface area contributed by atoms with Gasteiger partial charge in [-0.1, -0.05) is 0 Å². The predicted octanol–water partition coefficient (Wildman–Crippen LogP) is -0.0569. The van der Waals surface area contributed by atoms with Gasteiger partial charge in [0, 0.05) is 6.42 Å². The van der Waals surface area contributed by atoms with Crippen molar-refractivity contribution in [1.29, 1.82) is 0 Å². The Kier molecular flexibility index (Phi) is 4.59. The van der Waals surface area contributed by atoms with Gasteiger partial charge in [0.05, 0.1) is 12.3 Å². The first-order chi connectivity index (χ1) is 8.06. The van der Waals surface area contributed by atoms with E-state index in [2.05, 4.69) is 10.5 Å². The van der Waals surface area contributed by atoms with Crippen LogP contribution in [0.4, 0.5) is 0 Å². The quantitative estimate of drug-likeness (QED) is 0.448. The molecule has 1 aliphatic rings. The van der Waals surface area contributed by atoms with Gasteiger partial charge in [0.15, 0.2) is 5.54 Å². The van der Waals surface area contributed by atoms with E-state index < -0.39 is 11.4 Å². The molecule has 1 unspecified atom stereocenters. The van der Waals surface area contributed by atoms with Crippen molar-refractivity contribution in [3.8, 4) is 0 Å². The molecule has 17 heavy (non-hydrogen) atoms. The van der Waals surface area contributed by atoms with Crippen LogP contribution in [0.15, 0.2) is 5.10 Å². The molecule has 96 valence electrons. The minimum atomic E-state index is -1.22. The molecule has 7 heteroatoms. The first-order valence-corrected chi connectivity index (χ1v) is 5.49. The van der Waals surface area contributed by atoms with Gasteiger partial charge in [-0.3, -0.25) is 9.59 Å². The molecule has 0 spiro atoms. The van der Waals surface area contributed by atoms with E-state index in [1.807, 2.05) is 5.48 Å². The fourth-order valence-electron chi connectivity index (χ4n) is 1.70. The second kappa shape index (κ2) is 5.74. The van der Waals surface area contributed by atoms with Crippen molar-refractivity contribution in [1.82, 2.24) is 10.9 Å². The van der Waals surface area contributed by atoms with Crippen LogP contribution in [0.3, 0.4) is 0 Å². The number of hydrogen-bond acceptors (Lipinski definition) is 6. The molecule has 1 rings (SSSR count). The third-order valence-electron chi connectivity index (χ3n) is 2.76. The zero-order valence-electron chi connectivity index (χ0n) is 9.95. The van der Waals surface area contributed by atoms with Gasteiger partial charge < -0.3 is 9.94 Å². The topological polar surface area (TPSA) is 100 Å². The zero-order chi connectivity index (χ0) is 12.9. The third kappa shape index (κ3) is 2.80. The smallest absolute Gasteiger partial charge is 0.305 e. The van der Waals surface area contributed by atoms with Crippen molar-refractivity contribution in [3.05, 3.63) is 0 Å². The summed E-state index contributed by atoms with van der Waals surface area (Å²) < 4.78 is 4.77. The number of nitrogens with one attached hydrogen (secondary N) is 2. The maximum absolute atomic E-state index is 11.6. The van der Waals surface area contributed by atoms with Crippen molar-refractivity contribution >= 4 is 17.6 Å². The number of esters is 1. The molecule has 0 saturated heterocycles. The molecule has 7 nitrogen and oxygen atoms in total. The molecule has 0 aromatic carbocycles. The van der Waals surface area contributed by atoms with E-state index in [4.69, 9.17) is 9.94 Å². The van der Waals surface area contributed by atoms with Crippen LogP contribution in [0.5, 0.6) is 0 Å². The Balaban J connectivity index is 2.51. The van der Waals surface area contributed by atoms with Crippen LogP contribution < -0.4 is 10.9 Å². The summed E-state index contributed by atoms with van der Waals surface area (Å²) in [7, 11) is 0. The molecule has 0 aromatic heterocycles. The van der Waals surface area contributed by atoms with Crippen LogP contribution in [0.1, 0.15) is 33.1 Å². The summed E-state index contributed by atoms with van der Waals surface area (Å²) >= 11 is 0. The van der Waals surface area contributed by atoms with E-state index in [0.717, 1.165) is 0 Å². The average molecular weight is 243 g/mol. The lowest BCUT2D eigenvalue weighted by molar-refractivity contribution is -0.143. The maximum Gasteiger partial charge on any atom is 0.305 e. The number of amides is 1. The molecule has 0 radical (unpaired) electrons. The second-order valence-corrected chi connectivity index (χ2v) is 3.81. The van der Waals surface area contributed by atoms with Crippen molar-refractivity contribution in [2.24, 2.45) is 5.10 Å². The number of nitrogens with zero attached hydrogens (tertiary/aromatic N) is 1.